The first-order valence-electron chi connectivity index (χ1n) is 23.2. The standard InChI is InChI=1S/C25H22N4O4.C15H10ClN3O3.C8H8O3.C7H3Cl2N3.Li.H2O/c1-31-25(30)18-4-8-20(9-5-18)33-24-23-22(26-10-11-27-23)16-21(28-24)17-2-6-19(7-3-17)29-12-14-32-15-13-29;1-21-15(20)9-2-4-10(5-3-9)22-14-13-11(8-12(16)19-14)17-6-7-18-13;1-11-8(10)6-2-4-7(9)5-3-6;8-5-3-4-6(7(9)12-5)11-2-1-10-4;;/h2-11,16H,12-15H2,1H3;2-8H,1H3;2-5,9H,1H3;1-3H;;1H2/q;;;;+1;/p-1. The zero-order valence-corrected chi connectivity index (χ0v) is 45.2. The second kappa shape index (κ2) is 29.4. The first-order chi connectivity index (χ1) is 37.9. The van der Waals surface area contributed by atoms with Gasteiger partial charge in [0.1, 0.15) is 33.1 Å². The molecule has 21 nitrogen and oxygen atoms in total. The fraction of sp³-hybridized carbons (Fsp3) is 0.127. The van der Waals surface area contributed by atoms with Crippen molar-refractivity contribution in [1.82, 2.24) is 44.9 Å². The maximum atomic E-state index is 11.7. The van der Waals surface area contributed by atoms with Gasteiger partial charge < -0.3 is 43.9 Å². The van der Waals surface area contributed by atoms with E-state index >= 15 is 0 Å². The average molecular weight is 1130 g/mol. The summed E-state index contributed by atoms with van der Waals surface area (Å²) in [6.07, 6.45) is 9.49. The third-order valence-corrected chi connectivity index (χ3v) is 11.7. The minimum Gasteiger partial charge on any atom is -0.870 e. The van der Waals surface area contributed by atoms with E-state index in [1.807, 2.05) is 18.2 Å². The van der Waals surface area contributed by atoms with Crippen LogP contribution in [0.15, 0.2) is 152 Å². The maximum Gasteiger partial charge on any atom is 1.00 e. The molecule has 25 heteroatoms. The molecule has 10 aromatic rings. The Morgan fingerprint density at radius 1 is 0.512 bits per heavy atom. The van der Waals surface area contributed by atoms with Crippen molar-refractivity contribution >= 4 is 91.5 Å². The van der Waals surface area contributed by atoms with Gasteiger partial charge in [0.25, 0.3) is 0 Å². The van der Waals surface area contributed by atoms with Crippen molar-refractivity contribution in [2.24, 2.45) is 0 Å². The van der Waals surface area contributed by atoms with E-state index in [1.165, 1.54) is 45.6 Å². The van der Waals surface area contributed by atoms with Crippen molar-refractivity contribution in [3.8, 4) is 40.3 Å². The van der Waals surface area contributed by atoms with Crippen LogP contribution in [0.4, 0.5) is 5.69 Å². The number of carbonyl (C=O) groups excluding carboxylic acids is 3. The number of benzene rings is 4. The first-order valence-corrected chi connectivity index (χ1v) is 24.4. The van der Waals surface area contributed by atoms with Crippen molar-refractivity contribution < 1.29 is 72.2 Å². The molecule has 0 amide bonds. The number of nitrogens with zero attached hydrogens (tertiary/aromatic N) is 10. The predicted molar refractivity (Wildman–Crippen MR) is 293 cm³/mol. The Kier molecular flexibility index (Phi) is 22.2. The van der Waals surface area contributed by atoms with E-state index in [0.29, 0.717) is 72.3 Å². The van der Waals surface area contributed by atoms with Gasteiger partial charge in [-0.1, -0.05) is 46.9 Å². The normalized spacial score (nSPS) is 11.3. The summed E-state index contributed by atoms with van der Waals surface area (Å²) >= 11 is 17.4. The number of aromatic nitrogens is 9. The summed E-state index contributed by atoms with van der Waals surface area (Å²) in [7, 11) is 3.99. The molecular formula is C55H44Cl3LiN10O11. The van der Waals surface area contributed by atoms with Crippen molar-refractivity contribution in [2.45, 2.75) is 0 Å². The van der Waals surface area contributed by atoms with Crippen LogP contribution in [0, 0.1) is 0 Å². The molecule has 0 spiro atoms. The Labute approximate surface area is 483 Å². The van der Waals surface area contributed by atoms with Crippen molar-refractivity contribution in [3.05, 3.63) is 185 Å². The van der Waals surface area contributed by atoms with Crippen LogP contribution < -0.4 is 33.2 Å². The van der Waals surface area contributed by atoms with Gasteiger partial charge in [0.2, 0.25) is 11.8 Å². The van der Waals surface area contributed by atoms with E-state index in [-0.39, 0.29) is 46.3 Å². The maximum absolute atomic E-state index is 11.7. The van der Waals surface area contributed by atoms with E-state index in [4.69, 9.17) is 63.8 Å². The summed E-state index contributed by atoms with van der Waals surface area (Å²) in [5.41, 5.74) is 7.70. The van der Waals surface area contributed by atoms with E-state index in [1.54, 1.807) is 97.8 Å². The number of hydrogen-bond acceptors (Lipinski definition) is 21. The zero-order chi connectivity index (χ0) is 55.0. The number of methoxy groups -OCH3 is 3. The van der Waals surface area contributed by atoms with Gasteiger partial charge in [-0.05, 0) is 91.0 Å². The van der Waals surface area contributed by atoms with Crippen LogP contribution in [0.2, 0.25) is 15.5 Å². The molecule has 1 aliphatic rings. The number of carbonyl (C=O) groups is 3. The van der Waals surface area contributed by atoms with Gasteiger partial charge in [0.05, 0.1) is 73.5 Å². The Balaban J connectivity index is 0.000000188. The SMILES string of the molecule is COC(=O)c1ccc(O)cc1.COC(=O)c1ccc(Oc2nc(-c3ccc(N4CCOCC4)cc3)cc3nccnc23)cc1.COC(=O)c1ccc(Oc2nc(Cl)cc3nccnc23)cc1.Clc1cc2nccnc2c(Cl)n1.[Li+].[OH-]. The molecule has 0 radical (unpaired) electrons. The minimum absolute atomic E-state index is 0. The van der Waals surface area contributed by atoms with Crippen LogP contribution in [-0.4, -0.2) is 121 Å². The number of fused-ring (bicyclic) bond motifs is 3. The number of phenolic OH excluding ortho intramolecular Hbond substituents is 1. The van der Waals surface area contributed by atoms with Crippen LogP contribution in [0.1, 0.15) is 31.1 Å². The van der Waals surface area contributed by atoms with Crippen molar-refractivity contribution in [1.29, 1.82) is 0 Å². The molecule has 0 atom stereocenters. The summed E-state index contributed by atoms with van der Waals surface area (Å²) in [6, 6.07) is 32.4. The van der Waals surface area contributed by atoms with Crippen LogP contribution in [-0.2, 0) is 18.9 Å². The van der Waals surface area contributed by atoms with Gasteiger partial charge in [-0.15, -0.1) is 0 Å². The number of pyridine rings is 3. The molecule has 80 heavy (non-hydrogen) atoms. The van der Waals surface area contributed by atoms with Gasteiger partial charge in [-0.3, -0.25) is 15.0 Å². The molecule has 2 N–H and O–H groups in total. The molecule has 0 saturated carbocycles. The fourth-order valence-electron chi connectivity index (χ4n) is 7.21. The molecule has 4 aromatic carbocycles. The number of phenols is 1. The van der Waals surface area contributed by atoms with Gasteiger partial charge in [0.15, 0.2) is 16.2 Å². The fourth-order valence-corrected chi connectivity index (χ4v) is 7.86. The Morgan fingerprint density at radius 2 is 0.912 bits per heavy atom. The summed E-state index contributed by atoms with van der Waals surface area (Å²) in [6.45, 7) is 3.26. The van der Waals surface area contributed by atoms with Crippen LogP contribution in [0.3, 0.4) is 0 Å². The van der Waals surface area contributed by atoms with E-state index in [2.05, 4.69) is 66.4 Å². The average Bonchev–Trinajstić information content (AvgIpc) is 3.49. The van der Waals surface area contributed by atoms with Gasteiger partial charge in [-0.2, -0.15) is 4.98 Å². The van der Waals surface area contributed by atoms with Crippen LogP contribution >= 0.6 is 34.8 Å². The van der Waals surface area contributed by atoms with Gasteiger partial charge in [-0.25, -0.2) is 39.3 Å². The van der Waals surface area contributed by atoms with Crippen LogP contribution in [0.5, 0.6) is 29.0 Å². The van der Waals surface area contributed by atoms with Gasteiger partial charge >= 0.3 is 36.8 Å². The molecule has 0 unspecified atom stereocenters. The summed E-state index contributed by atoms with van der Waals surface area (Å²) < 4.78 is 31.0. The third-order valence-electron chi connectivity index (χ3n) is 11.0. The Bertz CT molecular complexity index is 3710. The quantitative estimate of drug-likeness (QED) is 0.0627. The van der Waals surface area contributed by atoms with E-state index in [0.717, 1.165) is 43.2 Å². The van der Waals surface area contributed by atoms with E-state index in [9.17, 15) is 14.4 Å². The number of morpholine rings is 1. The largest absolute Gasteiger partial charge is 1.00 e. The third kappa shape index (κ3) is 16.0. The topological polar surface area (TPSA) is 276 Å². The number of rotatable bonds is 9. The molecule has 1 aliphatic heterocycles. The second-order valence-corrected chi connectivity index (χ2v) is 17.1. The molecule has 0 bridgehead atoms. The van der Waals surface area contributed by atoms with E-state index < -0.39 is 17.9 Å². The number of hydrogen-bond donors (Lipinski definition) is 1. The smallest absolute Gasteiger partial charge is 0.870 e. The van der Waals surface area contributed by atoms with Crippen LogP contribution in [0.25, 0.3) is 44.4 Å². The van der Waals surface area contributed by atoms with Crippen molar-refractivity contribution in [3.63, 3.8) is 0 Å². The zero-order valence-electron chi connectivity index (χ0n) is 42.9. The molecule has 1 saturated heterocycles. The minimum atomic E-state index is -0.413. The predicted octanol–water partition coefficient (Wildman–Crippen LogP) is 7.70. The number of aromatic hydroxyl groups is 1. The summed E-state index contributed by atoms with van der Waals surface area (Å²) in [4.78, 5) is 74.1. The number of esters is 3. The van der Waals surface area contributed by atoms with Crippen molar-refractivity contribution in [2.75, 3.05) is 52.5 Å². The number of anilines is 1. The molecule has 6 aromatic heterocycles. The number of ether oxygens (including phenoxy) is 6. The second-order valence-electron chi connectivity index (χ2n) is 16.0. The molecule has 11 rings (SSSR count). The molecule has 402 valence electrons. The number of halogens is 3. The summed E-state index contributed by atoms with van der Waals surface area (Å²) in [5.74, 6) is 0.543. The molecular weight excluding hydrogens is 1090 g/mol. The van der Waals surface area contributed by atoms with Gasteiger partial charge in [0, 0.05) is 73.7 Å². The first kappa shape index (κ1) is 60.6. The molecule has 1 fully saturated rings. The Morgan fingerprint density at radius 3 is 1.39 bits per heavy atom. The molecule has 0 aliphatic carbocycles. The summed E-state index contributed by atoms with van der Waals surface area (Å²) in [5, 5.41) is 9.73. The monoisotopic (exact) mass is 1130 g/mol. The Hall–Kier alpha value is -8.65. The molecule has 7 heterocycles.